The molecule has 68 heavy (non-hydrogen) atoms. The zero-order valence-corrected chi connectivity index (χ0v) is 44.8. The van der Waals surface area contributed by atoms with Gasteiger partial charge in [0.2, 0.25) is 0 Å². The number of aliphatic hydroxyl groups is 1. The van der Waals surface area contributed by atoms with Crippen LogP contribution in [0.15, 0.2) is 71.9 Å². The zero-order valence-electron chi connectivity index (χ0n) is 42.8. The molecule has 378 valence electrons. The number of esters is 1. The van der Waals surface area contributed by atoms with Gasteiger partial charge in [-0.15, -0.1) is 0 Å². The third-order valence-corrected chi connectivity index (χ3v) is 15.5. The third kappa shape index (κ3) is 15.8. The van der Waals surface area contributed by atoms with Gasteiger partial charge in [-0.1, -0.05) is 98.3 Å². The average molecular weight is 961 g/mol. The topological polar surface area (TPSA) is 197 Å². The van der Waals surface area contributed by atoms with Crippen LogP contribution in [0.1, 0.15) is 144 Å². The van der Waals surface area contributed by atoms with Crippen molar-refractivity contribution in [1.82, 2.24) is 5.32 Å². The fourth-order valence-electron chi connectivity index (χ4n) is 11.6. The van der Waals surface area contributed by atoms with Crippen LogP contribution >= 0.6 is 0 Å². The van der Waals surface area contributed by atoms with Crippen molar-refractivity contribution in [2.45, 2.75) is 215 Å². The number of epoxide rings is 4. The van der Waals surface area contributed by atoms with E-state index >= 15 is 0 Å². The number of allylic oxidation sites excluding steroid dienone is 8. The van der Waals surface area contributed by atoms with Gasteiger partial charge in [-0.3, -0.25) is 0 Å². The van der Waals surface area contributed by atoms with Gasteiger partial charge in [0, 0.05) is 32.4 Å². The van der Waals surface area contributed by atoms with Crippen molar-refractivity contribution in [3.63, 3.8) is 0 Å². The van der Waals surface area contributed by atoms with Gasteiger partial charge >= 0.3 is 35.5 Å². The van der Waals surface area contributed by atoms with Crippen molar-refractivity contribution in [3.8, 4) is 0 Å². The molecule has 12 atom stereocenters. The maximum atomic E-state index is 12.4. The summed E-state index contributed by atoms with van der Waals surface area (Å²) in [6.07, 6.45) is 34.6. The van der Waals surface area contributed by atoms with Gasteiger partial charge in [-0.2, -0.15) is 0 Å². The first-order chi connectivity index (χ1) is 31.6. The van der Waals surface area contributed by atoms with E-state index in [0.717, 1.165) is 56.9 Å². The molecule has 4 aliphatic heterocycles. The minimum absolute atomic E-state index is 0. The van der Waals surface area contributed by atoms with Crippen molar-refractivity contribution in [3.05, 3.63) is 71.9 Å². The summed E-state index contributed by atoms with van der Waals surface area (Å²) in [5, 5.41) is 24.4. The number of aliphatic carboxylic acids is 1. The molecular formula is C54H83NNaO12-. The van der Waals surface area contributed by atoms with E-state index in [0.29, 0.717) is 13.0 Å². The number of hydrogen-bond acceptors (Lipinski definition) is 13. The summed E-state index contributed by atoms with van der Waals surface area (Å²) < 4.78 is 41.2. The Balaban J connectivity index is 0.000000243. The number of hydrogen-bond donors (Lipinski definition) is 2. The Morgan fingerprint density at radius 3 is 1.51 bits per heavy atom. The smallest absolute Gasteiger partial charge is 0.870 e. The minimum atomic E-state index is -1.25. The van der Waals surface area contributed by atoms with Crippen LogP contribution in [0.4, 0.5) is 0 Å². The Hall–Kier alpha value is -1.98. The molecule has 14 heteroatoms. The second-order valence-corrected chi connectivity index (χ2v) is 20.9. The molecular weight excluding hydrogens is 878 g/mol. The average Bonchev–Trinajstić information content (AvgIpc) is 4.18. The third-order valence-electron chi connectivity index (χ3n) is 15.5. The molecule has 4 saturated heterocycles. The van der Waals surface area contributed by atoms with Crippen LogP contribution in [0.3, 0.4) is 0 Å². The van der Waals surface area contributed by atoms with Crippen molar-refractivity contribution >= 4 is 11.9 Å². The second kappa shape index (κ2) is 26.6. The summed E-state index contributed by atoms with van der Waals surface area (Å²) in [6.45, 7) is 14.1. The molecule has 0 aromatic carbocycles. The quantitative estimate of drug-likeness (QED) is 0.0540. The first kappa shape index (κ1) is 58.6. The van der Waals surface area contributed by atoms with E-state index in [-0.39, 0.29) is 99.8 Å². The predicted octanol–water partition coefficient (Wildman–Crippen LogP) is 4.70. The number of nitrogens with one attached hydrogen (secondary N) is 1. The standard InChI is InChI=1S/C26H34O7.C16H26O4.C12H23N.Na.H2O/c1-18(2)13-14-20-25(3,33-20)24-23(30-4)19(15-16-26(24)17-31-26)32-22(29)12-10-8-6-5-7-9-11-21(27)28;1-10(2)5-6-12-15(3,20-12)14-13(18-4)11(17)7-8-16(14)9-19-16;1-3-7-11(8-4-1)13-12-9-5-2-6-10-12;;/h5-13,19-20,23-24H,14-17H2,1-4H3,(H,27,28);5,11-14,17H,6-9H2,1-4H3;11-13H,1-10H2;;1H2/q;;;+1;/p-2/b7-5+,8-6+,11-9+,12-10+;;;;/t19-,20-,23-,24-,25-,26+;11-,12-,13-,14-,15-,16+;;;/m11.../s1. The Bertz CT molecular complexity index is 1770. The predicted molar refractivity (Wildman–Crippen MR) is 255 cm³/mol. The second-order valence-electron chi connectivity index (χ2n) is 20.9. The molecule has 8 aliphatic rings. The van der Waals surface area contributed by atoms with E-state index < -0.39 is 18.0 Å². The summed E-state index contributed by atoms with van der Waals surface area (Å²) in [6, 6.07) is 1.74. The SMILES string of the molecule is C1CCC(NC2CCCCC2)CC1.CO[C@@H]1[C@H](O)CC[C@]2(CO2)[C@H]1[C@]1(C)O[C@@H]1CC=C(C)C.CO[C@@H]1[C@H](OC(=O)/C=C/C=C/C=C/C=C/C(=O)[O-])CC[C@]2(CO2)[C@H]1[C@]1(C)O[C@@H]1CC=C(C)C.[Na+].[OH-]. The zero-order chi connectivity index (χ0) is 47.5. The molecule has 8 rings (SSSR count). The normalized spacial score (nSPS) is 37.3. The van der Waals surface area contributed by atoms with Crippen LogP contribution in [-0.2, 0) is 42.7 Å². The number of carboxylic acid groups (broad SMARTS) is 1. The first-order valence-corrected chi connectivity index (χ1v) is 25.1. The summed E-state index contributed by atoms with van der Waals surface area (Å²) in [7, 11) is 3.33. The Morgan fingerprint density at radius 1 is 0.662 bits per heavy atom. The number of aliphatic hydroxyl groups excluding tert-OH is 1. The number of ether oxygens (including phenoxy) is 7. The van der Waals surface area contributed by atoms with Gasteiger partial charge in [-0.25, -0.2) is 4.79 Å². The largest absolute Gasteiger partial charge is 1.00 e. The van der Waals surface area contributed by atoms with Crippen LogP contribution in [0.2, 0.25) is 0 Å². The van der Waals surface area contributed by atoms with Crippen LogP contribution < -0.4 is 40.0 Å². The Morgan fingerprint density at radius 2 is 1.09 bits per heavy atom. The van der Waals surface area contributed by atoms with Crippen LogP contribution in [0.25, 0.3) is 0 Å². The number of rotatable bonds is 16. The monoisotopic (exact) mass is 961 g/mol. The maximum Gasteiger partial charge on any atom is 1.00 e. The molecule has 0 amide bonds. The van der Waals surface area contributed by atoms with Gasteiger partial charge in [0.25, 0.3) is 0 Å². The number of methoxy groups -OCH3 is 2. The molecule has 3 N–H and O–H groups in total. The number of carbonyl (C=O) groups is 2. The minimum Gasteiger partial charge on any atom is -0.870 e. The van der Waals surface area contributed by atoms with E-state index in [2.05, 4.69) is 59.0 Å². The number of carboxylic acids is 1. The molecule has 4 saturated carbocycles. The van der Waals surface area contributed by atoms with Crippen molar-refractivity contribution in [2.24, 2.45) is 11.8 Å². The summed E-state index contributed by atoms with van der Waals surface area (Å²) >= 11 is 0. The Kier molecular flexibility index (Phi) is 23.0. The fraction of sp³-hybridized carbons (Fsp3) is 0.741. The van der Waals surface area contributed by atoms with E-state index in [1.165, 1.54) is 87.5 Å². The van der Waals surface area contributed by atoms with Crippen LogP contribution in [0.5, 0.6) is 0 Å². The summed E-state index contributed by atoms with van der Waals surface area (Å²) in [4.78, 5) is 22.7. The fourth-order valence-corrected chi connectivity index (χ4v) is 11.6. The van der Waals surface area contributed by atoms with Gasteiger partial charge in [0.05, 0.1) is 61.0 Å². The van der Waals surface area contributed by atoms with E-state index in [4.69, 9.17) is 33.2 Å². The summed E-state index contributed by atoms with van der Waals surface area (Å²) in [5.41, 5.74) is 1.60. The Labute approximate surface area is 429 Å². The first-order valence-electron chi connectivity index (χ1n) is 25.1. The van der Waals surface area contributed by atoms with Gasteiger partial charge in [0.15, 0.2) is 0 Å². The van der Waals surface area contributed by atoms with Crippen molar-refractivity contribution < 1.29 is 88.0 Å². The van der Waals surface area contributed by atoms with Crippen molar-refractivity contribution in [1.29, 1.82) is 0 Å². The van der Waals surface area contributed by atoms with E-state index in [1.54, 1.807) is 44.6 Å². The molecule has 8 fully saturated rings. The molecule has 0 aromatic rings. The van der Waals surface area contributed by atoms with Gasteiger partial charge in [0.1, 0.15) is 29.0 Å². The molecule has 13 nitrogen and oxygen atoms in total. The van der Waals surface area contributed by atoms with Gasteiger partial charge < -0.3 is 59.0 Å². The molecule has 0 bridgehead atoms. The molecule has 0 aromatic heterocycles. The van der Waals surface area contributed by atoms with E-state index in [9.17, 15) is 19.8 Å². The molecule has 0 radical (unpaired) electrons. The number of carbonyl (C=O) groups excluding carboxylic acids is 2. The molecule has 2 spiro atoms. The summed E-state index contributed by atoms with van der Waals surface area (Å²) in [5.74, 6) is -1.59. The maximum absolute atomic E-state index is 12.4. The molecule has 4 heterocycles. The van der Waals surface area contributed by atoms with Crippen LogP contribution in [0, 0.1) is 11.8 Å². The van der Waals surface area contributed by atoms with Crippen molar-refractivity contribution in [2.75, 3.05) is 27.4 Å². The molecule has 0 unspecified atom stereocenters. The van der Waals surface area contributed by atoms with Gasteiger partial charge in [-0.05, 0) is 112 Å². The van der Waals surface area contributed by atoms with Crippen LogP contribution in [-0.4, -0.2) is 121 Å². The molecule has 4 aliphatic carbocycles. The van der Waals surface area contributed by atoms with E-state index in [1.807, 2.05) is 0 Å².